The van der Waals surface area contributed by atoms with Crippen molar-refractivity contribution in [2.75, 3.05) is 24.5 Å². The summed E-state index contributed by atoms with van der Waals surface area (Å²) in [5, 5.41) is 18.6. The van der Waals surface area contributed by atoms with E-state index in [4.69, 9.17) is 19.7 Å². The monoisotopic (exact) mass is 590 g/mol. The van der Waals surface area contributed by atoms with Gasteiger partial charge in [0.1, 0.15) is 12.4 Å². The van der Waals surface area contributed by atoms with Gasteiger partial charge < -0.3 is 25.2 Å². The van der Waals surface area contributed by atoms with Crippen LogP contribution in [0.15, 0.2) is 36.4 Å². The fraction of sp³-hybridized carbons (Fsp3) is 0.444. The van der Waals surface area contributed by atoms with Crippen LogP contribution in [0.4, 0.5) is 32.0 Å². The molecule has 1 heterocycles. The van der Waals surface area contributed by atoms with Crippen molar-refractivity contribution < 1.29 is 55.7 Å². The van der Waals surface area contributed by atoms with Gasteiger partial charge >= 0.3 is 24.3 Å². The van der Waals surface area contributed by atoms with Crippen LogP contribution < -0.4 is 15.0 Å². The molecule has 4 rings (SSSR count). The van der Waals surface area contributed by atoms with Gasteiger partial charge in [-0.1, -0.05) is 18.6 Å². The Morgan fingerprint density at radius 1 is 1.00 bits per heavy atom. The molecule has 0 atom stereocenters. The van der Waals surface area contributed by atoms with Crippen molar-refractivity contribution in [3.63, 3.8) is 0 Å². The van der Waals surface area contributed by atoms with Crippen molar-refractivity contribution in [1.82, 2.24) is 5.32 Å². The summed E-state index contributed by atoms with van der Waals surface area (Å²) in [5.74, 6) is -3.31. The summed E-state index contributed by atoms with van der Waals surface area (Å²) in [7, 11) is 0. The zero-order chi connectivity index (χ0) is 30.4. The number of fused-ring (bicyclic) bond motifs is 1. The number of carbonyl (C=O) groups excluding carboxylic acids is 1. The molecule has 2 aromatic carbocycles. The van der Waals surface area contributed by atoms with Crippen LogP contribution in [0.2, 0.25) is 0 Å². The number of aliphatic carboxylic acids is 2. The predicted octanol–water partition coefficient (Wildman–Crippen LogP) is 5.14. The number of carboxylic acid groups (broad SMARTS) is 2. The molecule has 1 aliphatic heterocycles. The molecule has 1 fully saturated rings. The molecule has 14 heteroatoms. The molecule has 0 unspecified atom stereocenters. The molecule has 1 saturated carbocycles. The number of hydrogen-bond acceptors (Lipinski definition) is 5. The predicted molar refractivity (Wildman–Crippen MR) is 134 cm³/mol. The highest BCUT2D eigenvalue weighted by molar-refractivity contribution is 5.96. The van der Waals surface area contributed by atoms with Crippen LogP contribution in [0.5, 0.6) is 5.75 Å². The van der Waals surface area contributed by atoms with Crippen LogP contribution in [-0.2, 0) is 33.6 Å². The summed E-state index contributed by atoms with van der Waals surface area (Å²) in [4.78, 5) is 33.6. The standard InChI is InChI=1S/C25H27F3N2O4.C2HF3O2/c26-25(27,28)21-12-16(4-6-20(21)17-2-1-3-17)15-34-19-5-7-22-18(13-19)9-11-30(22)23(31)14-29-10-8-24(32)33;3-2(4,5)1(6)7/h4-7,12-13,17,29H,1-3,8-11,14-15H2,(H,32,33);(H,6,7). The van der Waals surface area contributed by atoms with Gasteiger partial charge in [0.15, 0.2) is 0 Å². The molecular weight excluding hydrogens is 562 g/mol. The van der Waals surface area contributed by atoms with Crippen molar-refractivity contribution in [3.05, 3.63) is 58.7 Å². The minimum absolute atomic E-state index is 0.0127. The van der Waals surface area contributed by atoms with Crippen LogP contribution >= 0.6 is 0 Å². The Balaban J connectivity index is 0.000000587. The fourth-order valence-electron chi connectivity index (χ4n) is 4.39. The van der Waals surface area contributed by atoms with E-state index in [1.54, 1.807) is 29.2 Å². The lowest BCUT2D eigenvalue weighted by atomic mass is 9.78. The number of benzene rings is 2. The van der Waals surface area contributed by atoms with Gasteiger partial charge in [0.05, 0.1) is 18.5 Å². The molecule has 41 heavy (non-hydrogen) atoms. The number of carboxylic acids is 2. The van der Waals surface area contributed by atoms with Crippen LogP contribution in [0.25, 0.3) is 0 Å². The lowest BCUT2D eigenvalue weighted by Crippen LogP contribution is -2.37. The first-order valence-corrected chi connectivity index (χ1v) is 12.7. The lowest BCUT2D eigenvalue weighted by molar-refractivity contribution is -0.192. The summed E-state index contributed by atoms with van der Waals surface area (Å²) in [6.45, 7) is 0.786. The van der Waals surface area contributed by atoms with Gasteiger partial charge in [-0.25, -0.2) is 4.79 Å². The molecule has 224 valence electrons. The van der Waals surface area contributed by atoms with Crippen molar-refractivity contribution >= 4 is 23.5 Å². The smallest absolute Gasteiger partial charge is 0.489 e. The average Bonchev–Trinajstić information content (AvgIpc) is 3.27. The number of alkyl halides is 6. The third-order valence-electron chi connectivity index (χ3n) is 6.66. The molecule has 8 nitrogen and oxygen atoms in total. The molecule has 2 aromatic rings. The van der Waals surface area contributed by atoms with Gasteiger partial charge in [-0.2, -0.15) is 26.3 Å². The Kier molecular flexibility index (Phi) is 10.2. The number of ether oxygens (including phenoxy) is 1. The molecule has 3 N–H and O–H groups in total. The summed E-state index contributed by atoms with van der Waals surface area (Å²) in [6, 6.07) is 9.77. The van der Waals surface area contributed by atoms with E-state index in [0.29, 0.717) is 29.8 Å². The van der Waals surface area contributed by atoms with Crippen molar-refractivity contribution in [2.24, 2.45) is 0 Å². The molecule has 0 radical (unpaired) electrons. The molecule has 0 spiro atoms. The zero-order valence-electron chi connectivity index (χ0n) is 21.6. The fourth-order valence-corrected chi connectivity index (χ4v) is 4.39. The number of carbonyl (C=O) groups is 3. The maximum absolute atomic E-state index is 13.6. The van der Waals surface area contributed by atoms with E-state index in [1.165, 1.54) is 6.07 Å². The van der Waals surface area contributed by atoms with Gasteiger partial charge in [-0.05, 0) is 66.1 Å². The second-order valence-corrected chi connectivity index (χ2v) is 9.55. The maximum atomic E-state index is 13.6. The van der Waals surface area contributed by atoms with E-state index in [2.05, 4.69) is 5.32 Å². The summed E-state index contributed by atoms with van der Waals surface area (Å²) in [5.41, 5.74) is 1.95. The summed E-state index contributed by atoms with van der Waals surface area (Å²) >= 11 is 0. The first-order chi connectivity index (χ1) is 19.2. The van der Waals surface area contributed by atoms with Gasteiger partial charge in [-0.3, -0.25) is 9.59 Å². The van der Waals surface area contributed by atoms with E-state index in [9.17, 15) is 35.9 Å². The van der Waals surface area contributed by atoms with Crippen LogP contribution in [0.3, 0.4) is 0 Å². The average molecular weight is 591 g/mol. The molecule has 0 bridgehead atoms. The largest absolute Gasteiger partial charge is 0.490 e. The maximum Gasteiger partial charge on any atom is 0.490 e. The minimum Gasteiger partial charge on any atom is -0.489 e. The highest BCUT2D eigenvalue weighted by Crippen LogP contribution is 2.43. The quantitative estimate of drug-likeness (QED) is 0.274. The van der Waals surface area contributed by atoms with Gasteiger partial charge in [0.2, 0.25) is 5.91 Å². The van der Waals surface area contributed by atoms with Gasteiger partial charge in [0.25, 0.3) is 0 Å². The molecule has 2 aliphatic rings. The zero-order valence-corrected chi connectivity index (χ0v) is 21.6. The lowest BCUT2D eigenvalue weighted by Gasteiger charge is -2.29. The Hall–Kier alpha value is -3.81. The third-order valence-corrected chi connectivity index (χ3v) is 6.66. The minimum atomic E-state index is -5.08. The molecule has 0 aromatic heterocycles. The second-order valence-electron chi connectivity index (χ2n) is 9.55. The van der Waals surface area contributed by atoms with Gasteiger partial charge in [0, 0.05) is 18.8 Å². The molecule has 1 aliphatic carbocycles. The SMILES string of the molecule is O=C(O)C(F)(F)F.O=C(O)CCNCC(=O)N1CCc2cc(OCc3ccc(C4CCC4)c(C(F)(F)F)c3)ccc21. The third kappa shape index (κ3) is 8.84. The van der Waals surface area contributed by atoms with E-state index < -0.39 is 29.9 Å². The summed E-state index contributed by atoms with van der Waals surface area (Å²) < 4.78 is 78.3. The van der Waals surface area contributed by atoms with Crippen molar-refractivity contribution in [3.8, 4) is 5.75 Å². The Morgan fingerprint density at radius 2 is 1.68 bits per heavy atom. The molecular formula is C27H28F6N2O6. The number of nitrogens with one attached hydrogen (secondary N) is 1. The number of amides is 1. The second kappa shape index (κ2) is 13.2. The topological polar surface area (TPSA) is 116 Å². The summed E-state index contributed by atoms with van der Waals surface area (Å²) in [6.07, 6.45) is -6.33. The van der Waals surface area contributed by atoms with Crippen molar-refractivity contribution in [1.29, 1.82) is 0 Å². The first-order valence-electron chi connectivity index (χ1n) is 12.7. The normalized spacial score (nSPS) is 14.9. The number of halogens is 6. The number of hydrogen-bond donors (Lipinski definition) is 3. The highest BCUT2D eigenvalue weighted by atomic mass is 19.4. The number of anilines is 1. The van der Waals surface area contributed by atoms with Crippen molar-refractivity contribution in [2.45, 2.75) is 57.0 Å². The van der Waals surface area contributed by atoms with E-state index in [0.717, 1.165) is 30.5 Å². The van der Waals surface area contributed by atoms with E-state index in [1.807, 2.05) is 6.07 Å². The Bertz CT molecular complexity index is 1260. The van der Waals surface area contributed by atoms with E-state index >= 15 is 0 Å². The van der Waals surface area contributed by atoms with Crippen LogP contribution in [0, 0.1) is 0 Å². The highest BCUT2D eigenvalue weighted by Gasteiger charge is 2.38. The van der Waals surface area contributed by atoms with Crippen LogP contribution in [0.1, 0.15) is 53.9 Å². The Labute approximate surface area is 230 Å². The Morgan fingerprint density at radius 3 is 2.24 bits per heavy atom. The number of rotatable bonds is 9. The number of nitrogens with zero attached hydrogens (tertiary/aromatic N) is 1. The first kappa shape index (κ1) is 31.7. The van der Waals surface area contributed by atoms with Crippen LogP contribution in [-0.4, -0.2) is 53.9 Å². The molecule has 0 saturated heterocycles. The van der Waals surface area contributed by atoms with Gasteiger partial charge in [-0.15, -0.1) is 0 Å². The molecule has 1 amide bonds. The van der Waals surface area contributed by atoms with E-state index in [-0.39, 0.29) is 37.9 Å².